The van der Waals surface area contributed by atoms with E-state index >= 15 is 0 Å². The van der Waals surface area contributed by atoms with Crippen molar-refractivity contribution in [1.82, 2.24) is 19.7 Å². The summed E-state index contributed by atoms with van der Waals surface area (Å²) in [6, 6.07) is 13.6. The predicted molar refractivity (Wildman–Crippen MR) is 92.0 cm³/mol. The Hall–Kier alpha value is -2.54. The molecule has 7 heteroatoms. The summed E-state index contributed by atoms with van der Waals surface area (Å²) in [5, 5.41) is 8.73. The molecular weight excluding hydrogens is 324 g/mol. The third-order valence-corrected chi connectivity index (χ3v) is 4.42. The number of hydrogen-bond acceptors (Lipinski definition) is 5. The zero-order valence-electron chi connectivity index (χ0n) is 13.5. The highest BCUT2D eigenvalue weighted by atomic mass is 32.2. The van der Waals surface area contributed by atoms with Gasteiger partial charge in [-0.1, -0.05) is 30.0 Å². The van der Waals surface area contributed by atoms with Gasteiger partial charge in [0.05, 0.1) is 12.3 Å². The Morgan fingerprint density at radius 3 is 2.75 bits per heavy atom. The third kappa shape index (κ3) is 3.86. The highest BCUT2D eigenvalue weighted by Crippen LogP contribution is 2.20. The molecule has 6 nitrogen and oxygen atoms in total. The lowest BCUT2D eigenvalue weighted by atomic mass is 10.3. The number of carbonyl (C=O) groups is 1. The summed E-state index contributed by atoms with van der Waals surface area (Å²) >= 11 is 1.37. The first-order chi connectivity index (χ1) is 11.6. The van der Waals surface area contributed by atoms with E-state index in [-0.39, 0.29) is 5.91 Å². The summed E-state index contributed by atoms with van der Waals surface area (Å²) in [4.78, 5) is 14.0. The van der Waals surface area contributed by atoms with Crippen LogP contribution in [-0.2, 0) is 11.3 Å². The van der Waals surface area contributed by atoms with Crippen LogP contribution in [0.2, 0.25) is 0 Å². The van der Waals surface area contributed by atoms with E-state index < -0.39 is 0 Å². The minimum atomic E-state index is 0.0108. The minimum Gasteiger partial charge on any atom is -0.464 e. The SMILES string of the molecule is Cc1ccc(CN(C)C(=O)CSc2nncn2-c2ccccc2)o1. The van der Waals surface area contributed by atoms with Gasteiger partial charge in [0.1, 0.15) is 17.8 Å². The molecule has 0 saturated carbocycles. The monoisotopic (exact) mass is 342 g/mol. The molecule has 0 unspecified atom stereocenters. The Balaban J connectivity index is 1.60. The highest BCUT2D eigenvalue weighted by Gasteiger charge is 2.14. The van der Waals surface area contributed by atoms with Crippen LogP contribution in [0.4, 0.5) is 0 Å². The summed E-state index contributed by atoms with van der Waals surface area (Å²) in [6.07, 6.45) is 1.65. The molecule has 0 aliphatic carbocycles. The number of hydrogen-bond donors (Lipinski definition) is 0. The molecule has 0 fully saturated rings. The quantitative estimate of drug-likeness (QED) is 0.645. The average Bonchev–Trinajstić information content (AvgIpc) is 3.22. The molecule has 2 heterocycles. The maximum Gasteiger partial charge on any atom is 0.233 e. The maximum atomic E-state index is 12.3. The second-order valence-electron chi connectivity index (χ2n) is 5.37. The summed E-state index contributed by atoms with van der Waals surface area (Å²) < 4.78 is 7.37. The van der Waals surface area contributed by atoms with Crippen LogP contribution in [0.3, 0.4) is 0 Å². The fraction of sp³-hybridized carbons (Fsp3) is 0.235. The van der Waals surface area contributed by atoms with Crippen molar-refractivity contribution in [3.8, 4) is 5.69 Å². The van der Waals surface area contributed by atoms with Gasteiger partial charge in [-0.15, -0.1) is 10.2 Å². The Bertz CT molecular complexity index is 813. The van der Waals surface area contributed by atoms with Crippen LogP contribution in [0.15, 0.2) is 58.4 Å². The van der Waals surface area contributed by atoms with E-state index in [1.807, 2.05) is 54.0 Å². The molecule has 0 bridgehead atoms. The van der Waals surface area contributed by atoms with E-state index in [0.717, 1.165) is 17.2 Å². The number of aryl methyl sites for hydroxylation is 1. The largest absolute Gasteiger partial charge is 0.464 e. The molecule has 0 N–H and O–H groups in total. The molecule has 124 valence electrons. The molecule has 0 radical (unpaired) electrons. The predicted octanol–water partition coefficient (Wildman–Crippen LogP) is 2.92. The Kier molecular flexibility index (Phi) is 5.00. The Morgan fingerprint density at radius 1 is 1.25 bits per heavy atom. The zero-order valence-corrected chi connectivity index (χ0v) is 14.4. The van der Waals surface area contributed by atoms with Gasteiger partial charge in [-0.2, -0.15) is 0 Å². The van der Waals surface area contributed by atoms with E-state index in [2.05, 4.69) is 10.2 Å². The van der Waals surface area contributed by atoms with Gasteiger partial charge < -0.3 is 9.32 Å². The topological polar surface area (TPSA) is 64.2 Å². The van der Waals surface area contributed by atoms with Crippen molar-refractivity contribution in [2.24, 2.45) is 0 Å². The number of aromatic nitrogens is 3. The molecule has 0 aliphatic rings. The fourth-order valence-electron chi connectivity index (χ4n) is 2.22. The third-order valence-electron chi connectivity index (χ3n) is 3.49. The number of rotatable bonds is 6. The van der Waals surface area contributed by atoms with Gasteiger partial charge in [0.2, 0.25) is 5.91 Å². The summed E-state index contributed by atoms with van der Waals surface area (Å²) in [5.74, 6) is 1.93. The van der Waals surface area contributed by atoms with Gasteiger partial charge in [0.15, 0.2) is 5.16 Å². The number of benzene rings is 1. The lowest BCUT2D eigenvalue weighted by Crippen LogP contribution is -2.27. The van der Waals surface area contributed by atoms with Gasteiger partial charge in [0, 0.05) is 12.7 Å². The summed E-state index contributed by atoms with van der Waals surface area (Å²) in [6.45, 7) is 2.34. The van der Waals surface area contributed by atoms with E-state index in [1.54, 1.807) is 18.3 Å². The van der Waals surface area contributed by atoms with Crippen LogP contribution in [0.25, 0.3) is 5.69 Å². The van der Waals surface area contributed by atoms with Gasteiger partial charge >= 0.3 is 0 Å². The minimum absolute atomic E-state index is 0.0108. The first-order valence-corrected chi connectivity index (χ1v) is 8.49. The van der Waals surface area contributed by atoms with Gasteiger partial charge in [-0.3, -0.25) is 9.36 Å². The first kappa shape index (κ1) is 16.3. The summed E-state index contributed by atoms with van der Waals surface area (Å²) in [5.41, 5.74) is 0.969. The maximum absolute atomic E-state index is 12.3. The number of carbonyl (C=O) groups excluding carboxylic acids is 1. The molecule has 3 aromatic rings. The van der Waals surface area contributed by atoms with Crippen molar-refractivity contribution >= 4 is 17.7 Å². The van der Waals surface area contributed by atoms with Crippen molar-refractivity contribution in [3.05, 3.63) is 60.3 Å². The second-order valence-corrected chi connectivity index (χ2v) is 6.31. The van der Waals surface area contributed by atoms with Crippen molar-refractivity contribution in [1.29, 1.82) is 0 Å². The first-order valence-electron chi connectivity index (χ1n) is 7.51. The van der Waals surface area contributed by atoms with Crippen molar-refractivity contribution < 1.29 is 9.21 Å². The van der Waals surface area contributed by atoms with Gasteiger partial charge in [-0.05, 0) is 31.2 Å². The number of para-hydroxylation sites is 1. The number of nitrogens with zero attached hydrogens (tertiary/aromatic N) is 4. The Morgan fingerprint density at radius 2 is 2.04 bits per heavy atom. The van der Waals surface area contributed by atoms with Crippen LogP contribution in [0, 0.1) is 6.92 Å². The van der Waals surface area contributed by atoms with Crippen LogP contribution < -0.4 is 0 Å². The van der Waals surface area contributed by atoms with Crippen LogP contribution in [0.5, 0.6) is 0 Å². The average molecular weight is 342 g/mol. The number of thioether (sulfide) groups is 1. The summed E-state index contributed by atoms with van der Waals surface area (Å²) in [7, 11) is 1.77. The molecule has 3 rings (SSSR count). The normalized spacial score (nSPS) is 10.8. The molecule has 0 aliphatic heterocycles. The van der Waals surface area contributed by atoms with E-state index in [4.69, 9.17) is 4.42 Å². The van der Waals surface area contributed by atoms with E-state index in [1.165, 1.54) is 11.8 Å². The molecular formula is C17H18N4O2S. The van der Waals surface area contributed by atoms with Gasteiger partial charge in [0.25, 0.3) is 0 Å². The molecule has 0 atom stereocenters. The smallest absolute Gasteiger partial charge is 0.233 e. The van der Waals surface area contributed by atoms with Crippen LogP contribution >= 0.6 is 11.8 Å². The van der Waals surface area contributed by atoms with Gasteiger partial charge in [-0.25, -0.2) is 0 Å². The molecule has 0 spiro atoms. The van der Waals surface area contributed by atoms with Crippen LogP contribution in [-0.4, -0.2) is 38.4 Å². The Labute approximate surface area is 144 Å². The lowest BCUT2D eigenvalue weighted by molar-refractivity contribution is -0.127. The highest BCUT2D eigenvalue weighted by molar-refractivity contribution is 7.99. The number of furan rings is 1. The van der Waals surface area contributed by atoms with Crippen molar-refractivity contribution in [2.75, 3.05) is 12.8 Å². The zero-order chi connectivity index (χ0) is 16.9. The van der Waals surface area contributed by atoms with E-state index in [0.29, 0.717) is 17.5 Å². The molecule has 24 heavy (non-hydrogen) atoms. The molecule has 2 aromatic heterocycles. The standard InChI is InChI=1S/C17H18N4O2S/c1-13-8-9-15(23-13)10-20(2)16(22)11-24-17-19-18-12-21(17)14-6-4-3-5-7-14/h3-9,12H,10-11H2,1-2H3. The number of amides is 1. The fourth-order valence-corrected chi connectivity index (χ4v) is 3.09. The van der Waals surface area contributed by atoms with E-state index in [9.17, 15) is 4.79 Å². The van der Waals surface area contributed by atoms with Crippen LogP contribution in [0.1, 0.15) is 11.5 Å². The van der Waals surface area contributed by atoms with Crippen molar-refractivity contribution in [2.45, 2.75) is 18.6 Å². The molecule has 1 aromatic carbocycles. The second kappa shape index (κ2) is 7.35. The molecule has 1 amide bonds. The molecule has 0 saturated heterocycles. The lowest BCUT2D eigenvalue weighted by Gasteiger charge is -2.15. The van der Waals surface area contributed by atoms with Crippen molar-refractivity contribution in [3.63, 3.8) is 0 Å².